The Balaban J connectivity index is 2.02. The predicted molar refractivity (Wildman–Crippen MR) is 81.1 cm³/mol. The quantitative estimate of drug-likeness (QED) is 0.565. The van der Waals surface area contributed by atoms with Gasteiger partial charge in [-0.2, -0.15) is 0 Å². The third-order valence-corrected chi connectivity index (χ3v) is 3.16. The lowest BCUT2D eigenvalue weighted by Crippen LogP contribution is -2.20. The van der Waals surface area contributed by atoms with Gasteiger partial charge in [-0.1, -0.05) is 18.2 Å². The highest BCUT2D eigenvalue weighted by molar-refractivity contribution is 6.17. The van der Waals surface area contributed by atoms with Crippen LogP contribution in [0.5, 0.6) is 11.5 Å². The number of rotatable bonds is 6. The number of benzene rings is 2. The number of methoxy groups -OCH3 is 1. The molecule has 106 valence electrons. The van der Waals surface area contributed by atoms with E-state index in [9.17, 15) is 5.11 Å². The van der Waals surface area contributed by atoms with Crippen molar-refractivity contribution in [3.63, 3.8) is 0 Å². The van der Waals surface area contributed by atoms with E-state index in [1.807, 2.05) is 36.4 Å². The largest absolute Gasteiger partial charge is 0.504 e. The van der Waals surface area contributed by atoms with Crippen molar-refractivity contribution >= 4 is 17.3 Å². The van der Waals surface area contributed by atoms with Gasteiger partial charge in [-0.3, -0.25) is 0 Å². The normalized spacial score (nSPS) is 10.3. The van der Waals surface area contributed by atoms with Gasteiger partial charge in [0.15, 0.2) is 11.5 Å². The second-order valence-corrected chi connectivity index (χ2v) is 4.55. The van der Waals surface area contributed by atoms with Crippen LogP contribution in [0, 0.1) is 0 Å². The van der Waals surface area contributed by atoms with E-state index in [2.05, 4.69) is 10.9 Å². The first kappa shape index (κ1) is 14.5. The van der Waals surface area contributed by atoms with Crippen LogP contribution in [-0.4, -0.2) is 12.2 Å². The van der Waals surface area contributed by atoms with Gasteiger partial charge in [-0.15, -0.1) is 11.6 Å². The van der Waals surface area contributed by atoms with Crippen LogP contribution in [0.2, 0.25) is 0 Å². The number of phenols is 1. The Morgan fingerprint density at radius 3 is 2.60 bits per heavy atom. The summed E-state index contributed by atoms with van der Waals surface area (Å²) in [5.74, 6) is 0.768. The highest BCUT2D eigenvalue weighted by Crippen LogP contribution is 2.32. The Kier molecular flexibility index (Phi) is 5.09. The Morgan fingerprint density at radius 1 is 1.20 bits per heavy atom. The highest BCUT2D eigenvalue weighted by Gasteiger charge is 2.09. The molecule has 0 fully saturated rings. The number of hydrogen-bond acceptors (Lipinski definition) is 4. The van der Waals surface area contributed by atoms with Crippen LogP contribution in [0.3, 0.4) is 0 Å². The maximum Gasteiger partial charge on any atom is 0.162 e. The molecule has 0 aliphatic carbocycles. The molecule has 0 aliphatic heterocycles. The first-order chi connectivity index (χ1) is 9.74. The number of hydrogen-bond donors (Lipinski definition) is 3. The monoisotopic (exact) mass is 292 g/mol. The zero-order valence-electron chi connectivity index (χ0n) is 11.2. The van der Waals surface area contributed by atoms with Crippen molar-refractivity contribution < 1.29 is 9.84 Å². The number of nitrogens with one attached hydrogen (secondary N) is 2. The van der Waals surface area contributed by atoms with E-state index in [4.69, 9.17) is 16.3 Å². The number of alkyl halides is 1. The zero-order valence-corrected chi connectivity index (χ0v) is 11.9. The van der Waals surface area contributed by atoms with E-state index in [1.165, 1.54) is 7.11 Å². The molecule has 0 radical (unpaired) electrons. The molecule has 5 heteroatoms. The van der Waals surface area contributed by atoms with E-state index in [0.717, 1.165) is 11.3 Å². The van der Waals surface area contributed by atoms with Gasteiger partial charge in [0.1, 0.15) is 0 Å². The van der Waals surface area contributed by atoms with Crippen molar-refractivity contribution in [2.75, 3.05) is 12.5 Å². The van der Waals surface area contributed by atoms with Crippen LogP contribution in [0.15, 0.2) is 42.5 Å². The van der Waals surface area contributed by atoms with E-state index >= 15 is 0 Å². The average Bonchev–Trinajstić information content (AvgIpc) is 2.49. The molecular weight excluding hydrogens is 276 g/mol. The summed E-state index contributed by atoms with van der Waals surface area (Å²) in [6.45, 7) is 0.579. The van der Waals surface area contributed by atoms with Crippen LogP contribution < -0.4 is 15.6 Å². The summed E-state index contributed by atoms with van der Waals surface area (Å²) < 4.78 is 5.14. The fourth-order valence-electron chi connectivity index (χ4n) is 1.86. The fourth-order valence-corrected chi connectivity index (χ4v) is 2.06. The Morgan fingerprint density at radius 2 is 1.95 bits per heavy atom. The molecule has 0 saturated carbocycles. The van der Waals surface area contributed by atoms with Gasteiger partial charge in [-0.25, -0.2) is 5.43 Å². The van der Waals surface area contributed by atoms with E-state index in [-0.39, 0.29) is 11.6 Å². The van der Waals surface area contributed by atoms with Gasteiger partial charge >= 0.3 is 0 Å². The van der Waals surface area contributed by atoms with E-state index in [0.29, 0.717) is 17.9 Å². The minimum Gasteiger partial charge on any atom is -0.504 e. The zero-order chi connectivity index (χ0) is 14.4. The van der Waals surface area contributed by atoms with Crippen LogP contribution >= 0.6 is 11.6 Å². The van der Waals surface area contributed by atoms with Crippen molar-refractivity contribution in [3.05, 3.63) is 53.6 Å². The molecule has 0 spiro atoms. The van der Waals surface area contributed by atoms with E-state index in [1.54, 1.807) is 6.07 Å². The Bertz CT molecular complexity index is 536. The van der Waals surface area contributed by atoms with Crippen molar-refractivity contribution in [1.29, 1.82) is 0 Å². The first-order valence-corrected chi connectivity index (χ1v) is 6.76. The average molecular weight is 293 g/mol. The first-order valence-electron chi connectivity index (χ1n) is 6.23. The number of aromatic hydroxyl groups is 1. The summed E-state index contributed by atoms with van der Waals surface area (Å²) in [5.41, 5.74) is 8.81. The minimum absolute atomic E-state index is 0.0993. The molecule has 0 aromatic heterocycles. The number of para-hydroxylation sites is 1. The number of halogens is 1. The number of anilines is 1. The fraction of sp³-hybridized carbons (Fsp3) is 0.200. The molecule has 0 bridgehead atoms. The summed E-state index contributed by atoms with van der Waals surface area (Å²) in [7, 11) is 1.52. The summed E-state index contributed by atoms with van der Waals surface area (Å²) >= 11 is 5.81. The van der Waals surface area contributed by atoms with Crippen LogP contribution in [0.4, 0.5) is 5.69 Å². The van der Waals surface area contributed by atoms with Gasteiger partial charge in [-0.05, 0) is 29.8 Å². The molecule has 2 aromatic carbocycles. The second kappa shape index (κ2) is 7.03. The van der Waals surface area contributed by atoms with Gasteiger partial charge in [0.2, 0.25) is 0 Å². The third-order valence-electron chi connectivity index (χ3n) is 2.88. The maximum absolute atomic E-state index is 9.87. The topological polar surface area (TPSA) is 53.5 Å². The molecule has 0 amide bonds. The van der Waals surface area contributed by atoms with Crippen LogP contribution in [-0.2, 0) is 12.4 Å². The lowest BCUT2D eigenvalue weighted by atomic mass is 10.1. The van der Waals surface area contributed by atoms with Crippen LogP contribution in [0.1, 0.15) is 11.1 Å². The predicted octanol–water partition coefficient (Wildman–Crippen LogP) is 3.26. The molecule has 2 rings (SSSR count). The smallest absolute Gasteiger partial charge is 0.162 e. The molecule has 0 saturated heterocycles. The molecule has 3 N–H and O–H groups in total. The maximum atomic E-state index is 9.87. The van der Waals surface area contributed by atoms with Crippen LogP contribution in [0.25, 0.3) is 0 Å². The molecule has 20 heavy (non-hydrogen) atoms. The summed E-state index contributed by atoms with van der Waals surface area (Å²) in [4.78, 5) is 0. The van der Waals surface area contributed by atoms with Crippen molar-refractivity contribution in [1.82, 2.24) is 5.43 Å². The number of hydrazine groups is 1. The number of phenolic OH excluding ortho intramolecular Hbond substituents is 1. The standard InChI is InChI=1S/C15H17ClN2O2/c1-20-14-8-11(7-12(9-16)15(14)19)10-17-18-13-5-3-2-4-6-13/h2-8,17-19H,9-10H2,1H3. The molecule has 0 aliphatic rings. The Hall–Kier alpha value is -1.91. The summed E-state index contributed by atoms with van der Waals surface area (Å²) in [5, 5.41) is 9.87. The molecule has 2 aromatic rings. The van der Waals surface area contributed by atoms with E-state index < -0.39 is 0 Å². The van der Waals surface area contributed by atoms with Crippen molar-refractivity contribution in [3.8, 4) is 11.5 Å². The molecule has 4 nitrogen and oxygen atoms in total. The van der Waals surface area contributed by atoms with Gasteiger partial charge in [0.25, 0.3) is 0 Å². The van der Waals surface area contributed by atoms with Gasteiger partial charge in [0.05, 0.1) is 13.0 Å². The summed E-state index contributed by atoms with van der Waals surface area (Å²) in [6.07, 6.45) is 0. The SMILES string of the molecule is COc1cc(CNNc2ccccc2)cc(CCl)c1O. The lowest BCUT2D eigenvalue weighted by Gasteiger charge is -2.12. The lowest BCUT2D eigenvalue weighted by molar-refractivity contribution is 0.371. The second-order valence-electron chi connectivity index (χ2n) is 4.28. The summed E-state index contributed by atoms with van der Waals surface area (Å²) in [6, 6.07) is 13.4. The number of ether oxygens (including phenoxy) is 1. The van der Waals surface area contributed by atoms with Gasteiger partial charge < -0.3 is 15.3 Å². The highest BCUT2D eigenvalue weighted by atomic mass is 35.5. The molecule has 0 heterocycles. The molecular formula is C15H17ClN2O2. The Labute approximate surface area is 123 Å². The third kappa shape index (κ3) is 3.56. The molecule has 0 atom stereocenters. The minimum atomic E-state index is 0.0993. The molecule has 0 unspecified atom stereocenters. The van der Waals surface area contributed by atoms with Gasteiger partial charge in [0, 0.05) is 17.8 Å². The van der Waals surface area contributed by atoms with Crippen molar-refractivity contribution in [2.45, 2.75) is 12.4 Å². The van der Waals surface area contributed by atoms with Crippen molar-refractivity contribution in [2.24, 2.45) is 0 Å².